The normalized spacial score (nSPS) is 17.1. The highest BCUT2D eigenvalue weighted by molar-refractivity contribution is 7.07. The first-order valence-electron chi connectivity index (χ1n) is 6.10. The summed E-state index contributed by atoms with van der Waals surface area (Å²) in [5, 5.41) is 0. The molecule has 6 heteroatoms. The van der Waals surface area contributed by atoms with Crippen LogP contribution in [0.1, 0.15) is 18.5 Å². The standard InChI is InChI=1S/C14H12N2O3S/c1-8-9-5-3-4-6-10(9)15-14-16(8)13(18)11(20-14)7-12(17)19-2/h3-8H,1-2H3/b11-7+. The second kappa shape index (κ2) is 4.72. The zero-order valence-electron chi connectivity index (χ0n) is 11.0. The first kappa shape index (κ1) is 12.8. The molecule has 1 aromatic carbocycles. The molecule has 20 heavy (non-hydrogen) atoms. The maximum atomic E-state index is 12.4. The average molecular weight is 288 g/mol. The summed E-state index contributed by atoms with van der Waals surface area (Å²) in [5.41, 5.74) is 1.66. The van der Waals surface area contributed by atoms with Crippen LogP contribution in [0.5, 0.6) is 0 Å². The van der Waals surface area contributed by atoms with E-state index in [-0.39, 0.29) is 11.6 Å². The van der Waals surface area contributed by atoms with Gasteiger partial charge in [0.1, 0.15) is 4.53 Å². The Morgan fingerprint density at radius 3 is 2.95 bits per heavy atom. The van der Waals surface area contributed by atoms with Crippen molar-refractivity contribution < 1.29 is 9.53 Å². The van der Waals surface area contributed by atoms with Crippen LogP contribution >= 0.6 is 11.3 Å². The molecule has 0 aliphatic carbocycles. The molecule has 0 spiro atoms. The molecule has 2 aromatic rings. The second-order valence-corrected chi connectivity index (χ2v) is 5.45. The molecule has 0 fully saturated rings. The van der Waals surface area contributed by atoms with Gasteiger partial charge in [-0.05, 0) is 13.0 Å². The maximum Gasteiger partial charge on any atom is 0.332 e. The van der Waals surface area contributed by atoms with Crippen molar-refractivity contribution in [2.75, 3.05) is 7.11 Å². The van der Waals surface area contributed by atoms with Crippen LogP contribution < -0.4 is 14.9 Å². The summed E-state index contributed by atoms with van der Waals surface area (Å²) in [4.78, 5) is 28.7. The lowest BCUT2D eigenvalue weighted by molar-refractivity contribution is -0.133. The summed E-state index contributed by atoms with van der Waals surface area (Å²) >= 11 is 1.20. The molecule has 0 bridgehead atoms. The number of esters is 1. The van der Waals surface area contributed by atoms with Crippen molar-refractivity contribution in [2.24, 2.45) is 4.99 Å². The highest BCUT2D eigenvalue weighted by Gasteiger charge is 2.21. The van der Waals surface area contributed by atoms with Gasteiger partial charge in [-0.25, -0.2) is 9.79 Å². The molecular weight excluding hydrogens is 276 g/mol. The monoisotopic (exact) mass is 288 g/mol. The van der Waals surface area contributed by atoms with Crippen molar-refractivity contribution in [1.29, 1.82) is 0 Å². The van der Waals surface area contributed by atoms with Crippen molar-refractivity contribution in [3.63, 3.8) is 0 Å². The number of nitrogens with zero attached hydrogens (tertiary/aromatic N) is 2. The number of benzene rings is 1. The van der Waals surface area contributed by atoms with E-state index in [1.807, 2.05) is 31.2 Å². The van der Waals surface area contributed by atoms with E-state index >= 15 is 0 Å². The van der Waals surface area contributed by atoms with Gasteiger partial charge in [0.25, 0.3) is 5.56 Å². The van der Waals surface area contributed by atoms with Crippen LogP contribution in [-0.4, -0.2) is 17.6 Å². The lowest BCUT2D eigenvalue weighted by atomic mass is 10.1. The summed E-state index contributed by atoms with van der Waals surface area (Å²) in [5.74, 6) is -0.536. The first-order valence-corrected chi connectivity index (χ1v) is 6.92. The van der Waals surface area contributed by atoms with Gasteiger partial charge in [0.2, 0.25) is 0 Å². The van der Waals surface area contributed by atoms with E-state index in [0.717, 1.165) is 11.3 Å². The van der Waals surface area contributed by atoms with E-state index in [2.05, 4.69) is 9.73 Å². The molecule has 1 aliphatic rings. The van der Waals surface area contributed by atoms with Crippen LogP contribution in [0.3, 0.4) is 0 Å². The van der Waals surface area contributed by atoms with Gasteiger partial charge in [-0.3, -0.25) is 9.36 Å². The van der Waals surface area contributed by atoms with E-state index in [1.165, 1.54) is 24.5 Å². The van der Waals surface area contributed by atoms with Crippen molar-refractivity contribution >= 4 is 29.1 Å². The molecular formula is C14H12N2O3S. The van der Waals surface area contributed by atoms with Gasteiger partial charge < -0.3 is 4.74 Å². The van der Waals surface area contributed by atoms with Gasteiger partial charge in [0.15, 0.2) is 4.80 Å². The number of para-hydroxylation sites is 1. The minimum absolute atomic E-state index is 0.0951. The number of hydrogen-bond acceptors (Lipinski definition) is 5. The topological polar surface area (TPSA) is 60.7 Å². The van der Waals surface area contributed by atoms with Crippen LogP contribution in [0.4, 0.5) is 5.69 Å². The fourth-order valence-electron chi connectivity index (χ4n) is 2.26. The van der Waals surface area contributed by atoms with Gasteiger partial charge in [-0.2, -0.15) is 0 Å². The Balaban J connectivity index is 2.29. The number of hydrogen-bond donors (Lipinski definition) is 0. The van der Waals surface area contributed by atoms with E-state index in [1.54, 1.807) is 4.57 Å². The van der Waals surface area contributed by atoms with Crippen molar-refractivity contribution in [3.8, 4) is 0 Å². The maximum absolute atomic E-state index is 12.4. The number of carbonyl (C=O) groups is 1. The minimum atomic E-state index is -0.536. The average Bonchev–Trinajstić information content (AvgIpc) is 2.75. The van der Waals surface area contributed by atoms with E-state index in [9.17, 15) is 9.59 Å². The highest BCUT2D eigenvalue weighted by Crippen LogP contribution is 2.28. The van der Waals surface area contributed by atoms with Crippen LogP contribution in [0.15, 0.2) is 34.1 Å². The van der Waals surface area contributed by atoms with Crippen molar-refractivity contribution in [2.45, 2.75) is 13.0 Å². The molecule has 1 aromatic heterocycles. The molecule has 102 valence electrons. The van der Waals surface area contributed by atoms with Gasteiger partial charge in [0.05, 0.1) is 18.8 Å². The Kier molecular flexibility index (Phi) is 3.02. The zero-order valence-corrected chi connectivity index (χ0v) is 11.8. The molecule has 1 aliphatic heterocycles. The molecule has 2 heterocycles. The quantitative estimate of drug-likeness (QED) is 0.727. The van der Waals surface area contributed by atoms with Gasteiger partial charge >= 0.3 is 5.97 Å². The second-order valence-electron chi connectivity index (χ2n) is 4.44. The molecule has 0 N–H and O–H groups in total. The Hall–Kier alpha value is -2.21. The molecule has 3 rings (SSSR count). The summed E-state index contributed by atoms with van der Waals surface area (Å²) < 4.78 is 6.52. The number of rotatable bonds is 1. The van der Waals surface area contributed by atoms with Crippen LogP contribution in [-0.2, 0) is 9.53 Å². The number of carbonyl (C=O) groups excluding carboxylic acids is 1. The smallest absolute Gasteiger partial charge is 0.332 e. The molecule has 0 saturated heterocycles. The van der Waals surface area contributed by atoms with Crippen molar-refractivity contribution in [1.82, 2.24) is 4.57 Å². The van der Waals surface area contributed by atoms with Gasteiger partial charge in [-0.1, -0.05) is 29.5 Å². The largest absolute Gasteiger partial charge is 0.466 e. The molecule has 0 amide bonds. The fourth-order valence-corrected chi connectivity index (χ4v) is 3.28. The Labute approximate surface area is 118 Å². The number of ether oxygens (including phenoxy) is 1. The number of thiazole rings is 1. The number of fused-ring (bicyclic) bond motifs is 2. The van der Waals surface area contributed by atoms with Crippen LogP contribution in [0, 0.1) is 0 Å². The van der Waals surface area contributed by atoms with Crippen LogP contribution in [0.2, 0.25) is 0 Å². The summed E-state index contributed by atoms with van der Waals surface area (Å²) in [6.45, 7) is 1.95. The van der Waals surface area contributed by atoms with Gasteiger partial charge in [-0.15, -0.1) is 0 Å². The third-order valence-corrected chi connectivity index (χ3v) is 4.26. The Bertz CT molecular complexity index is 863. The molecule has 1 atom stereocenters. The first-order chi connectivity index (χ1) is 9.61. The number of aromatic nitrogens is 1. The Morgan fingerprint density at radius 2 is 2.20 bits per heavy atom. The van der Waals surface area contributed by atoms with Gasteiger partial charge in [0, 0.05) is 11.6 Å². The third kappa shape index (κ3) is 1.89. The SMILES string of the molecule is COC(=O)/C=c1/sc2n(c1=O)C(C)c1ccccc1N=2. The lowest BCUT2D eigenvalue weighted by Gasteiger charge is -2.18. The molecule has 1 unspecified atom stereocenters. The summed E-state index contributed by atoms with van der Waals surface area (Å²) in [6.07, 6.45) is 1.21. The van der Waals surface area contributed by atoms with Crippen molar-refractivity contribution in [3.05, 3.63) is 49.5 Å². The van der Waals surface area contributed by atoms with E-state index < -0.39 is 5.97 Å². The Morgan fingerprint density at radius 1 is 1.45 bits per heavy atom. The summed E-state index contributed by atoms with van der Waals surface area (Å²) in [7, 11) is 1.28. The summed E-state index contributed by atoms with van der Waals surface area (Å²) in [6, 6.07) is 7.62. The minimum Gasteiger partial charge on any atom is -0.466 e. The highest BCUT2D eigenvalue weighted by atomic mass is 32.1. The predicted molar refractivity (Wildman–Crippen MR) is 75.8 cm³/mol. The zero-order chi connectivity index (χ0) is 14.3. The lowest BCUT2D eigenvalue weighted by Crippen LogP contribution is -2.35. The van der Waals surface area contributed by atoms with Crippen LogP contribution in [0.25, 0.3) is 6.08 Å². The number of methoxy groups -OCH3 is 1. The third-order valence-electron chi connectivity index (χ3n) is 3.28. The predicted octanol–water partition coefficient (Wildman–Crippen LogP) is 0.737. The van der Waals surface area contributed by atoms with E-state index in [0.29, 0.717) is 9.33 Å². The fraction of sp³-hybridized carbons (Fsp3) is 0.214. The molecule has 0 radical (unpaired) electrons. The molecule has 0 saturated carbocycles. The van der Waals surface area contributed by atoms with E-state index in [4.69, 9.17) is 0 Å². The molecule has 5 nitrogen and oxygen atoms in total.